The largest absolute Gasteiger partial charge is 0.427 e. The van der Waals surface area contributed by atoms with Gasteiger partial charge in [0.1, 0.15) is 5.75 Å². The summed E-state index contributed by atoms with van der Waals surface area (Å²) in [5, 5.41) is 10.6. The number of non-ortho nitro benzene ring substituents is 1. The van der Waals surface area contributed by atoms with Gasteiger partial charge in [0.2, 0.25) is 0 Å². The average molecular weight is 378 g/mol. The number of rotatable bonds is 16. The molecule has 152 valence electrons. The predicted octanol–water partition coefficient (Wildman–Crippen LogP) is 6.98. The van der Waals surface area contributed by atoms with Crippen LogP contribution in [0.25, 0.3) is 0 Å². The first-order chi connectivity index (χ1) is 13.1. The molecule has 0 heterocycles. The van der Waals surface area contributed by atoms with Crippen LogP contribution in [0.5, 0.6) is 5.75 Å². The number of hydrogen-bond donors (Lipinski definition) is 0. The third kappa shape index (κ3) is 12.2. The van der Waals surface area contributed by atoms with Crippen LogP contribution < -0.4 is 4.74 Å². The highest BCUT2D eigenvalue weighted by atomic mass is 16.6. The van der Waals surface area contributed by atoms with E-state index in [4.69, 9.17) is 4.74 Å². The Hall–Kier alpha value is -1.91. The van der Waals surface area contributed by atoms with Crippen molar-refractivity contribution in [3.63, 3.8) is 0 Å². The number of nitro benzene ring substituents is 1. The Balaban J connectivity index is 1.93. The summed E-state index contributed by atoms with van der Waals surface area (Å²) in [6.07, 6.45) is 16.9. The fraction of sp³-hybridized carbons (Fsp3) is 0.682. The summed E-state index contributed by atoms with van der Waals surface area (Å²) in [6, 6.07) is 5.60. The molecule has 5 nitrogen and oxygen atoms in total. The molecular weight excluding hydrogens is 342 g/mol. The van der Waals surface area contributed by atoms with Gasteiger partial charge in [-0.2, -0.15) is 0 Å². The molecule has 0 aliphatic heterocycles. The van der Waals surface area contributed by atoms with Crippen LogP contribution in [-0.2, 0) is 4.79 Å². The van der Waals surface area contributed by atoms with Crippen molar-refractivity contribution in [3.8, 4) is 5.75 Å². The zero-order chi connectivity index (χ0) is 19.7. The van der Waals surface area contributed by atoms with E-state index in [-0.39, 0.29) is 11.7 Å². The third-order valence-corrected chi connectivity index (χ3v) is 4.76. The summed E-state index contributed by atoms with van der Waals surface area (Å²) >= 11 is 0. The summed E-state index contributed by atoms with van der Waals surface area (Å²) < 4.78 is 5.19. The maximum Gasteiger partial charge on any atom is 0.311 e. The molecule has 1 rings (SSSR count). The van der Waals surface area contributed by atoms with Crippen molar-refractivity contribution in [1.82, 2.24) is 0 Å². The van der Waals surface area contributed by atoms with Crippen LogP contribution in [-0.4, -0.2) is 10.9 Å². The molecule has 0 unspecified atom stereocenters. The van der Waals surface area contributed by atoms with Crippen LogP contribution in [0.4, 0.5) is 5.69 Å². The van der Waals surface area contributed by atoms with E-state index < -0.39 is 4.92 Å². The van der Waals surface area contributed by atoms with Crippen molar-refractivity contribution in [2.75, 3.05) is 0 Å². The predicted molar refractivity (Wildman–Crippen MR) is 109 cm³/mol. The van der Waals surface area contributed by atoms with Gasteiger partial charge in [-0.3, -0.25) is 14.9 Å². The standard InChI is InChI=1S/C22H35NO4/c1-2-3-4-5-6-7-8-9-10-11-12-13-14-15-22(24)27-21-18-16-20(17-19-21)23(25)26/h16-19H,2-15H2,1H3. The van der Waals surface area contributed by atoms with Crippen molar-refractivity contribution in [3.05, 3.63) is 34.4 Å². The Morgan fingerprint density at radius 3 is 1.70 bits per heavy atom. The van der Waals surface area contributed by atoms with Gasteiger partial charge < -0.3 is 4.74 Å². The molecule has 1 aromatic carbocycles. The summed E-state index contributed by atoms with van der Waals surface area (Å²) in [5.41, 5.74) is -0.00806. The van der Waals surface area contributed by atoms with E-state index in [1.165, 1.54) is 94.9 Å². The maximum atomic E-state index is 11.8. The Morgan fingerprint density at radius 2 is 1.26 bits per heavy atom. The van der Waals surface area contributed by atoms with E-state index in [1.807, 2.05) is 0 Å². The quantitative estimate of drug-likeness (QED) is 0.102. The molecule has 0 aliphatic carbocycles. The molecule has 0 N–H and O–H groups in total. The number of carbonyl (C=O) groups is 1. The number of nitrogens with zero attached hydrogens (tertiary/aromatic N) is 1. The lowest BCUT2D eigenvalue weighted by Crippen LogP contribution is -2.07. The highest BCUT2D eigenvalue weighted by Crippen LogP contribution is 2.18. The zero-order valence-electron chi connectivity index (χ0n) is 16.8. The molecule has 0 bridgehead atoms. The summed E-state index contributed by atoms with van der Waals surface area (Å²) in [4.78, 5) is 21.9. The molecule has 0 fully saturated rings. The molecule has 0 spiro atoms. The summed E-state index contributed by atoms with van der Waals surface area (Å²) in [7, 11) is 0. The molecule has 5 heteroatoms. The second kappa shape index (κ2) is 15.2. The summed E-state index contributed by atoms with van der Waals surface area (Å²) in [5.74, 6) is 0.0900. The lowest BCUT2D eigenvalue weighted by Gasteiger charge is -2.05. The van der Waals surface area contributed by atoms with Gasteiger partial charge in [-0.15, -0.1) is 0 Å². The van der Waals surface area contributed by atoms with Gasteiger partial charge >= 0.3 is 5.97 Å². The van der Waals surface area contributed by atoms with E-state index >= 15 is 0 Å². The number of hydrogen-bond acceptors (Lipinski definition) is 4. The smallest absolute Gasteiger partial charge is 0.311 e. The van der Waals surface area contributed by atoms with Crippen LogP contribution in [0.1, 0.15) is 96.8 Å². The Bertz CT molecular complexity index is 528. The number of esters is 1. The molecule has 0 aromatic heterocycles. The summed E-state index contributed by atoms with van der Waals surface area (Å²) in [6.45, 7) is 2.25. The first-order valence-electron chi connectivity index (χ1n) is 10.6. The highest BCUT2D eigenvalue weighted by molar-refractivity contribution is 5.72. The maximum absolute atomic E-state index is 11.8. The van der Waals surface area contributed by atoms with E-state index in [9.17, 15) is 14.9 Å². The number of unbranched alkanes of at least 4 members (excludes halogenated alkanes) is 12. The van der Waals surface area contributed by atoms with Gasteiger partial charge in [0.15, 0.2) is 0 Å². The molecule has 27 heavy (non-hydrogen) atoms. The second-order valence-corrected chi connectivity index (χ2v) is 7.22. The van der Waals surface area contributed by atoms with Crippen molar-refractivity contribution in [1.29, 1.82) is 0 Å². The number of nitro groups is 1. The normalized spacial score (nSPS) is 10.7. The monoisotopic (exact) mass is 377 g/mol. The van der Waals surface area contributed by atoms with Gasteiger partial charge in [-0.05, 0) is 18.6 Å². The van der Waals surface area contributed by atoms with Crippen LogP contribution in [0.3, 0.4) is 0 Å². The van der Waals surface area contributed by atoms with Crippen molar-refractivity contribution >= 4 is 11.7 Å². The van der Waals surface area contributed by atoms with E-state index in [0.717, 1.165) is 12.8 Å². The molecule has 0 atom stereocenters. The van der Waals surface area contributed by atoms with Crippen molar-refractivity contribution in [2.45, 2.75) is 96.8 Å². The Kier molecular flexibility index (Phi) is 13.0. The van der Waals surface area contributed by atoms with Gasteiger partial charge in [0.25, 0.3) is 5.69 Å². The van der Waals surface area contributed by atoms with E-state index in [2.05, 4.69) is 6.92 Å². The molecule has 0 saturated carbocycles. The molecule has 0 aliphatic rings. The third-order valence-electron chi connectivity index (χ3n) is 4.76. The molecule has 1 aromatic rings. The minimum Gasteiger partial charge on any atom is -0.427 e. The lowest BCUT2D eigenvalue weighted by molar-refractivity contribution is -0.384. The zero-order valence-corrected chi connectivity index (χ0v) is 16.8. The van der Waals surface area contributed by atoms with E-state index in [1.54, 1.807) is 0 Å². The van der Waals surface area contributed by atoms with Gasteiger partial charge in [-0.25, -0.2) is 0 Å². The minimum atomic E-state index is -0.473. The Labute approximate surface area is 163 Å². The molecule has 0 saturated heterocycles. The first kappa shape index (κ1) is 23.1. The fourth-order valence-corrected chi connectivity index (χ4v) is 3.11. The first-order valence-corrected chi connectivity index (χ1v) is 10.6. The topological polar surface area (TPSA) is 69.4 Å². The van der Waals surface area contributed by atoms with Crippen LogP contribution in [0.15, 0.2) is 24.3 Å². The SMILES string of the molecule is CCCCCCCCCCCCCCCC(=O)Oc1ccc([N+](=O)[O-])cc1. The lowest BCUT2D eigenvalue weighted by atomic mass is 10.0. The van der Waals surface area contributed by atoms with Gasteiger partial charge in [0.05, 0.1) is 4.92 Å². The molecule has 0 radical (unpaired) electrons. The molecule has 0 amide bonds. The number of ether oxygens (including phenoxy) is 1. The minimum absolute atomic E-state index is 0.00806. The number of benzene rings is 1. The highest BCUT2D eigenvalue weighted by Gasteiger charge is 2.08. The van der Waals surface area contributed by atoms with Crippen molar-refractivity contribution < 1.29 is 14.5 Å². The van der Waals surface area contributed by atoms with Crippen LogP contribution >= 0.6 is 0 Å². The fourth-order valence-electron chi connectivity index (χ4n) is 3.11. The van der Waals surface area contributed by atoms with Crippen molar-refractivity contribution in [2.24, 2.45) is 0 Å². The second-order valence-electron chi connectivity index (χ2n) is 7.22. The van der Waals surface area contributed by atoms with Gasteiger partial charge in [-0.1, -0.05) is 84.0 Å². The van der Waals surface area contributed by atoms with Crippen LogP contribution in [0.2, 0.25) is 0 Å². The van der Waals surface area contributed by atoms with Gasteiger partial charge in [0, 0.05) is 18.6 Å². The molecular formula is C22H35NO4. The average Bonchev–Trinajstić information content (AvgIpc) is 2.66. The number of carbonyl (C=O) groups excluding carboxylic acids is 1. The Morgan fingerprint density at radius 1 is 0.815 bits per heavy atom. The van der Waals surface area contributed by atoms with Crippen LogP contribution in [0, 0.1) is 10.1 Å². The van der Waals surface area contributed by atoms with E-state index in [0.29, 0.717) is 12.2 Å².